The number of rotatable bonds is 5. The highest BCUT2D eigenvalue weighted by atomic mass is 16.5. The molecule has 0 radical (unpaired) electrons. The SMILES string of the molecule is COc1cc(C)c(C(=O)Oc2c(C)cc(O)c(C=O)c2O)c(O)c1C(=O)O. The minimum atomic E-state index is -1.52. The van der Waals surface area contributed by atoms with Gasteiger partial charge in [0, 0.05) is 0 Å². The Morgan fingerprint density at radius 2 is 1.63 bits per heavy atom. The van der Waals surface area contributed by atoms with E-state index >= 15 is 0 Å². The van der Waals surface area contributed by atoms with Crippen LogP contribution in [0.4, 0.5) is 0 Å². The second-order valence-corrected chi connectivity index (χ2v) is 5.61. The number of methoxy groups -OCH3 is 1. The van der Waals surface area contributed by atoms with Crippen LogP contribution in [0.25, 0.3) is 0 Å². The second kappa shape index (κ2) is 7.24. The number of phenolic OH excluding ortho intramolecular Hbond substituents is 2. The predicted molar refractivity (Wildman–Crippen MR) is 91.2 cm³/mol. The number of ether oxygens (including phenoxy) is 2. The molecule has 0 unspecified atom stereocenters. The van der Waals surface area contributed by atoms with Gasteiger partial charge in [-0.2, -0.15) is 0 Å². The molecular formula is C18H16O9. The molecular weight excluding hydrogens is 360 g/mol. The zero-order chi connectivity index (χ0) is 20.5. The van der Waals surface area contributed by atoms with Crippen LogP contribution in [-0.2, 0) is 0 Å². The molecule has 0 fully saturated rings. The molecule has 4 N–H and O–H groups in total. The molecule has 0 atom stereocenters. The molecule has 27 heavy (non-hydrogen) atoms. The zero-order valence-electron chi connectivity index (χ0n) is 14.6. The number of benzene rings is 2. The van der Waals surface area contributed by atoms with Gasteiger partial charge in [-0.05, 0) is 37.1 Å². The van der Waals surface area contributed by atoms with Gasteiger partial charge in [0.1, 0.15) is 33.9 Å². The molecule has 0 bridgehead atoms. The molecule has 2 rings (SSSR count). The van der Waals surface area contributed by atoms with Crippen LogP contribution in [0.15, 0.2) is 12.1 Å². The van der Waals surface area contributed by atoms with E-state index in [2.05, 4.69) is 0 Å². The molecule has 9 nitrogen and oxygen atoms in total. The summed E-state index contributed by atoms with van der Waals surface area (Å²) in [4.78, 5) is 34.9. The van der Waals surface area contributed by atoms with E-state index < -0.39 is 51.6 Å². The first kappa shape index (κ1) is 19.6. The average Bonchev–Trinajstić information content (AvgIpc) is 2.57. The van der Waals surface area contributed by atoms with E-state index in [1.165, 1.54) is 27.0 Å². The maximum Gasteiger partial charge on any atom is 0.347 e. The Balaban J connectivity index is 2.60. The Morgan fingerprint density at radius 1 is 1.00 bits per heavy atom. The first-order chi connectivity index (χ1) is 12.6. The van der Waals surface area contributed by atoms with Crippen molar-refractivity contribution in [2.24, 2.45) is 0 Å². The Labute approximate surface area is 153 Å². The summed E-state index contributed by atoms with van der Waals surface area (Å²) in [5.41, 5.74) is -1.27. The molecule has 0 aliphatic rings. The van der Waals surface area contributed by atoms with E-state index in [1.54, 1.807) is 0 Å². The van der Waals surface area contributed by atoms with Crippen molar-refractivity contribution in [3.63, 3.8) is 0 Å². The van der Waals surface area contributed by atoms with E-state index in [0.717, 1.165) is 6.07 Å². The number of carbonyl (C=O) groups excluding carboxylic acids is 2. The lowest BCUT2D eigenvalue weighted by atomic mass is 10.0. The zero-order valence-corrected chi connectivity index (χ0v) is 14.6. The van der Waals surface area contributed by atoms with E-state index in [1.807, 2.05) is 0 Å². The molecule has 2 aromatic rings. The molecule has 142 valence electrons. The number of esters is 1. The van der Waals surface area contributed by atoms with Gasteiger partial charge in [0.15, 0.2) is 17.8 Å². The van der Waals surface area contributed by atoms with E-state index in [4.69, 9.17) is 9.47 Å². The largest absolute Gasteiger partial charge is 0.507 e. The third-order valence-electron chi connectivity index (χ3n) is 3.87. The van der Waals surface area contributed by atoms with Crippen molar-refractivity contribution in [1.29, 1.82) is 0 Å². The van der Waals surface area contributed by atoms with E-state index in [9.17, 15) is 34.8 Å². The number of carboxylic acid groups (broad SMARTS) is 1. The van der Waals surface area contributed by atoms with Crippen LogP contribution in [0.1, 0.15) is 42.2 Å². The smallest absolute Gasteiger partial charge is 0.347 e. The van der Waals surface area contributed by atoms with Crippen LogP contribution >= 0.6 is 0 Å². The fourth-order valence-corrected chi connectivity index (χ4v) is 2.56. The number of carbonyl (C=O) groups is 3. The summed E-state index contributed by atoms with van der Waals surface area (Å²) in [6.07, 6.45) is 0.181. The van der Waals surface area contributed by atoms with Gasteiger partial charge >= 0.3 is 11.9 Å². The molecule has 2 aromatic carbocycles. The normalized spacial score (nSPS) is 10.3. The quantitative estimate of drug-likeness (QED) is 0.349. The summed E-state index contributed by atoms with van der Waals surface area (Å²) in [5.74, 6) is -5.39. The summed E-state index contributed by atoms with van der Waals surface area (Å²) in [6.45, 7) is 2.82. The molecule has 0 aromatic heterocycles. The summed E-state index contributed by atoms with van der Waals surface area (Å²) in [6, 6.07) is 2.34. The fourth-order valence-electron chi connectivity index (χ4n) is 2.56. The van der Waals surface area contributed by atoms with Crippen molar-refractivity contribution in [3.8, 4) is 28.7 Å². The van der Waals surface area contributed by atoms with Crippen LogP contribution in [0.5, 0.6) is 28.7 Å². The predicted octanol–water partition coefficient (Wildman–Crippen LogP) is 2.16. The van der Waals surface area contributed by atoms with Gasteiger partial charge in [-0.3, -0.25) is 4.79 Å². The van der Waals surface area contributed by atoms with Gasteiger partial charge in [-0.1, -0.05) is 0 Å². The number of hydrogen-bond acceptors (Lipinski definition) is 8. The lowest BCUT2D eigenvalue weighted by molar-refractivity contribution is 0.0689. The molecule has 0 amide bonds. The maximum absolute atomic E-state index is 12.5. The number of phenols is 3. The second-order valence-electron chi connectivity index (χ2n) is 5.61. The Hall–Kier alpha value is -3.75. The van der Waals surface area contributed by atoms with Crippen LogP contribution in [0.2, 0.25) is 0 Å². The van der Waals surface area contributed by atoms with Crippen molar-refractivity contribution < 1.29 is 44.3 Å². The number of aldehydes is 1. The molecule has 0 spiro atoms. The summed E-state index contributed by atoms with van der Waals surface area (Å²) >= 11 is 0. The average molecular weight is 376 g/mol. The highest BCUT2D eigenvalue weighted by Crippen LogP contribution is 2.40. The minimum Gasteiger partial charge on any atom is -0.507 e. The number of hydrogen-bond donors (Lipinski definition) is 4. The Morgan fingerprint density at radius 3 is 2.15 bits per heavy atom. The van der Waals surface area contributed by atoms with Crippen LogP contribution in [-0.4, -0.2) is 45.8 Å². The van der Waals surface area contributed by atoms with Gasteiger partial charge in [-0.25, -0.2) is 9.59 Å². The van der Waals surface area contributed by atoms with Crippen LogP contribution in [0, 0.1) is 13.8 Å². The minimum absolute atomic E-state index is 0.132. The number of aryl methyl sites for hydroxylation is 2. The number of aromatic hydroxyl groups is 3. The third kappa shape index (κ3) is 3.34. The summed E-state index contributed by atoms with van der Waals surface area (Å²) in [7, 11) is 1.21. The third-order valence-corrected chi connectivity index (χ3v) is 3.87. The maximum atomic E-state index is 12.5. The van der Waals surface area contributed by atoms with E-state index in [-0.39, 0.29) is 23.2 Å². The highest BCUT2D eigenvalue weighted by molar-refractivity contribution is 6.03. The lowest BCUT2D eigenvalue weighted by Crippen LogP contribution is -2.14. The van der Waals surface area contributed by atoms with Crippen molar-refractivity contribution in [1.82, 2.24) is 0 Å². The molecule has 0 heterocycles. The van der Waals surface area contributed by atoms with Gasteiger partial charge in [0.25, 0.3) is 0 Å². The number of aromatic carboxylic acids is 1. The number of carboxylic acids is 1. The summed E-state index contributed by atoms with van der Waals surface area (Å²) in [5, 5.41) is 39.2. The molecule has 0 saturated heterocycles. The van der Waals surface area contributed by atoms with E-state index in [0.29, 0.717) is 0 Å². The Bertz CT molecular complexity index is 960. The van der Waals surface area contributed by atoms with Crippen molar-refractivity contribution in [2.45, 2.75) is 13.8 Å². The van der Waals surface area contributed by atoms with Gasteiger partial charge in [0.05, 0.1) is 7.11 Å². The first-order valence-corrected chi connectivity index (χ1v) is 7.50. The van der Waals surface area contributed by atoms with Crippen molar-refractivity contribution in [3.05, 3.63) is 39.9 Å². The first-order valence-electron chi connectivity index (χ1n) is 7.50. The molecule has 0 aliphatic heterocycles. The van der Waals surface area contributed by atoms with Crippen molar-refractivity contribution >= 4 is 18.2 Å². The van der Waals surface area contributed by atoms with Gasteiger partial charge in [-0.15, -0.1) is 0 Å². The fraction of sp³-hybridized carbons (Fsp3) is 0.167. The molecule has 0 aliphatic carbocycles. The van der Waals surface area contributed by atoms with Crippen LogP contribution < -0.4 is 9.47 Å². The van der Waals surface area contributed by atoms with Gasteiger partial charge in [0.2, 0.25) is 0 Å². The van der Waals surface area contributed by atoms with Gasteiger partial charge < -0.3 is 29.9 Å². The lowest BCUT2D eigenvalue weighted by Gasteiger charge is -2.15. The molecule has 0 saturated carbocycles. The monoisotopic (exact) mass is 376 g/mol. The topological polar surface area (TPSA) is 151 Å². The Kier molecular flexibility index (Phi) is 5.25. The highest BCUT2D eigenvalue weighted by Gasteiger charge is 2.28. The molecule has 9 heteroatoms. The van der Waals surface area contributed by atoms with Crippen LogP contribution in [0.3, 0.4) is 0 Å². The summed E-state index contributed by atoms with van der Waals surface area (Å²) < 4.78 is 9.98. The standard InChI is InChI=1S/C18H16O9/c1-7-5-11(26-3)13(17(23)24)15(22)12(7)18(25)27-16-8(2)4-10(20)9(6-19)14(16)21/h4-6,20-22H,1-3H3,(H,23,24). The van der Waals surface area contributed by atoms with Crippen molar-refractivity contribution in [2.75, 3.05) is 7.11 Å².